The molecule has 0 saturated carbocycles. The molecule has 123 valence electrons. The minimum absolute atomic E-state index is 0. The molecule has 0 atom stereocenters. The molecule has 0 aliphatic heterocycles. The number of hydrogen-bond acceptors (Lipinski definition) is 2. The van der Waals surface area contributed by atoms with E-state index in [1.807, 2.05) is 57.8 Å². The Labute approximate surface area is 343 Å². The van der Waals surface area contributed by atoms with Crippen molar-refractivity contribution in [2.45, 2.75) is 0 Å². The number of benzene rings is 2. The van der Waals surface area contributed by atoms with E-state index in [1.54, 1.807) is 0 Å². The number of fused-ring (bicyclic) bond motifs is 2. The number of para-hydroxylation sites is 4. The normalized spacial score (nSPS) is 8.64. The minimum atomic E-state index is 0. The van der Waals surface area contributed by atoms with Crippen molar-refractivity contribution >= 4 is 40.8 Å². The number of aryl methyl sites for hydroxylation is 2. The summed E-state index contributed by atoms with van der Waals surface area (Å²) in [5, 5.41) is 0. The fraction of sp³-hybridized carbons (Fsp3) is 0.125. The first-order chi connectivity index (χ1) is 10.2. The number of aromatic nitrogens is 4. The van der Waals surface area contributed by atoms with E-state index in [9.17, 15) is 0 Å². The predicted molar refractivity (Wildman–Crippen MR) is 86.5 cm³/mol. The molecule has 0 amide bonds. The van der Waals surface area contributed by atoms with Gasteiger partial charge in [0.05, 0.1) is 22.1 Å². The van der Waals surface area contributed by atoms with Gasteiger partial charge in [0.15, 0.2) is 0 Å². The maximum atomic E-state index is 4.67. The summed E-state index contributed by atoms with van der Waals surface area (Å²) in [6, 6.07) is 16.3. The average molecular weight is 895 g/mol. The van der Waals surface area contributed by atoms with Crippen LogP contribution in [-0.2, 0) is 243 Å². The molecule has 0 N–H and O–H groups in total. The van der Waals surface area contributed by atoms with E-state index < -0.39 is 0 Å². The molecule has 0 saturated heterocycles. The van der Waals surface area contributed by atoms with Crippen molar-refractivity contribution in [3.8, 4) is 0 Å². The number of hydrogen-bond donors (Lipinski definition) is 0. The fourth-order valence-corrected chi connectivity index (χ4v) is 2.70. The zero-order valence-electron chi connectivity index (χ0n) is 16.0. The molecular weight excluding hydrogens is 881 g/mol. The van der Waals surface area contributed by atoms with Crippen LogP contribution in [0.1, 0.15) is 0 Å². The molecule has 2 heterocycles. The summed E-state index contributed by atoms with van der Waals surface area (Å²) in [7, 11) is 6.09. The van der Waals surface area contributed by atoms with Crippen LogP contribution in [0.2, 0.25) is 0 Å². The third-order valence-corrected chi connectivity index (χ3v) is 3.90. The third-order valence-electron chi connectivity index (χ3n) is 3.90. The molecule has 2 aromatic carbocycles. The molecule has 0 spiro atoms. The van der Waals surface area contributed by atoms with Gasteiger partial charge < -0.3 is 9.13 Å². The van der Waals surface area contributed by atoms with E-state index in [2.05, 4.69) is 31.2 Å². The van der Waals surface area contributed by atoms with Crippen LogP contribution in [0.5, 0.6) is 0 Å². The fourth-order valence-electron chi connectivity index (χ4n) is 2.70. The van der Waals surface area contributed by atoms with Gasteiger partial charge in [0.2, 0.25) is 0 Å². The molecule has 0 unspecified atom stereocenters. The summed E-state index contributed by atoms with van der Waals surface area (Å²) in [5.74, 6) is 0. The van der Waals surface area contributed by atoms with E-state index in [1.165, 1.54) is 0 Å². The predicted octanol–water partition coefficient (Wildman–Crippen LogP) is 1.10. The molecule has 12 heteroatoms. The van der Waals surface area contributed by atoms with Crippen molar-refractivity contribution in [2.24, 2.45) is 14.1 Å². The van der Waals surface area contributed by atoms with Crippen molar-refractivity contribution in [1.29, 1.82) is 0 Å². The first kappa shape index (κ1) is 40.3. The minimum Gasteiger partial charge on any atom is -0.373 e. The standard InChI is InChI=1S/C16H14BN4.7Y/c1-20-13-9-5-3-7-11(13)18-15(20)17-16-19-12-8-4-6-10-14(12)21(16)2;;;;;;;/h3-10H,1-2H3;;;;;;;/q-1;;;;;;;. The maximum absolute atomic E-state index is 4.67. The Balaban J connectivity index is -0.000000411. The molecule has 2 aromatic heterocycles. The smallest absolute Gasteiger partial charge is 0.0840 e. The summed E-state index contributed by atoms with van der Waals surface area (Å²) < 4.78 is 4.18. The van der Waals surface area contributed by atoms with Gasteiger partial charge in [-0.2, -0.15) is 7.28 Å². The first-order valence-corrected chi connectivity index (χ1v) is 6.92. The molecule has 0 bridgehead atoms. The summed E-state index contributed by atoms with van der Waals surface area (Å²) >= 11 is 0. The molecule has 4 aromatic rings. The molecule has 0 aliphatic carbocycles. The van der Waals surface area contributed by atoms with Crippen LogP contribution < -0.4 is 11.4 Å². The molecule has 9 radical (unpaired) electrons. The Morgan fingerprint density at radius 1 is 0.571 bits per heavy atom. The Bertz CT molecular complexity index is 896. The van der Waals surface area contributed by atoms with Gasteiger partial charge in [0.1, 0.15) is 0 Å². The Hall–Kier alpha value is 5.17. The molecular formula is C16H14BN4Y7-. The van der Waals surface area contributed by atoms with Gasteiger partial charge in [-0.15, -0.1) is 11.4 Å². The van der Waals surface area contributed by atoms with Crippen molar-refractivity contribution < 1.29 is 229 Å². The zero-order chi connectivity index (χ0) is 14.4. The van der Waals surface area contributed by atoms with Crippen molar-refractivity contribution in [3.05, 3.63) is 48.5 Å². The van der Waals surface area contributed by atoms with E-state index >= 15 is 0 Å². The van der Waals surface area contributed by atoms with Crippen LogP contribution >= 0.6 is 0 Å². The SMILES string of the molecule is Cn1c([B-]c2nc3ccccc3n2C)nc2ccccc21.[Y].[Y].[Y].[Y].[Y].[Y].[Y]. The maximum Gasteiger partial charge on any atom is 0.0840 e. The average Bonchev–Trinajstić information content (AvgIpc) is 2.99. The number of nitrogens with zero attached hydrogens (tertiary/aromatic N) is 4. The zero-order valence-corrected chi connectivity index (χ0v) is 35.9. The van der Waals surface area contributed by atoms with Crippen LogP contribution in [0.3, 0.4) is 0 Å². The Kier molecular flexibility index (Phi) is 27.9. The first-order valence-electron chi connectivity index (χ1n) is 6.92. The van der Waals surface area contributed by atoms with E-state index in [-0.39, 0.29) is 229 Å². The van der Waals surface area contributed by atoms with E-state index in [4.69, 9.17) is 0 Å². The van der Waals surface area contributed by atoms with Crippen molar-refractivity contribution in [2.75, 3.05) is 0 Å². The monoisotopic (exact) mass is 895 g/mol. The summed E-state index contributed by atoms with van der Waals surface area (Å²) in [4.78, 5) is 9.35. The van der Waals surface area contributed by atoms with Gasteiger partial charge in [-0.1, -0.05) is 24.3 Å². The molecule has 0 fully saturated rings. The van der Waals surface area contributed by atoms with Crippen LogP contribution in [0.4, 0.5) is 0 Å². The number of imidazole rings is 2. The third kappa shape index (κ3) is 9.32. The molecule has 0 aliphatic rings. The quantitative estimate of drug-likeness (QED) is 0.283. The summed E-state index contributed by atoms with van der Waals surface area (Å²) in [5.41, 5.74) is 6.09. The van der Waals surface area contributed by atoms with E-state index in [0.29, 0.717) is 0 Å². The van der Waals surface area contributed by atoms with Crippen LogP contribution in [0.15, 0.2) is 48.5 Å². The van der Waals surface area contributed by atoms with Crippen LogP contribution in [0.25, 0.3) is 22.1 Å². The van der Waals surface area contributed by atoms with E-state index in [0.717, 1.165) is 33.5 Å². The molecule has 4 rings (SSSR count). The van der Waals surface area contributed by atoms with Gasteiger partial charge in [-0.05, 0) is 24.3 Å². The molecule has 4 nitrogen and oxygen atoms in total. The number of rotatable bonds is 2. The largest absolute Gasteiger partial charge is 0.373 e. The topological polar surface area (TPSA) is 35.6 Å². The van der Waals surface area contributed by atoms with Crippen molar-refractivity contribution in [3.63, 3.8) is 0 Å². The second kappa shape index (κ2) is 19.4. The van der Waals surface area contributed by atoms with Gasteiger partial charge in [-0.25, -0.2) is 0 Å². The van der Waals surface area contributed by atoms with Gasteiger partial charge in [0.25, 0.3) is 0 Å². The second-order valence-electron chi connectivity index (χ2n) is 5.18. The van der Waals surface area contributed by atoms with Crippen LogP contribution in [0, 0.1) is 0 Å². The Morgan fingerprint density at radius 3 is 1.21 bits per heavy atom. The second-order valence-corrected chi connectivity index (χ2v) is 5.18. The van der Waals surface area contributed by atoms with Gasteiger partial charge >= 0.3 is 0 Å². The molecule has 28 heavy (non-hydrogen) atoms. The summed E-state index contributed by atoms with van der Waals surface area (Å²) in [6.07, 6.45) is 0. The van der Waals surface area contributed by atoms with Gasteiger partial charge in [-0.3, -0.25) is 9.97 Å². The van der Waals surface area contributed by atoms with Crippen LogP contribution in [-0.4, -0.2) is 26.4 Å². The van der Waals surface area contributed by atoms with Crippen molar-refractivity contribution in [1.82, 2.24) is 19.1 Å². The Morgan fingerprint density at radius 2 is 0.893 bits per heavy atom. The van der Waals surface area contributed by atoms with Gasteiger partial charge in [0, 0.05) is 243 Å². The summed E-state index contributed by atoms with van der Waals surface area (Å²) in [6.45, 7) is 0.